The number of methoxy groups -OCH3 is 1. The van der Waals surface area contributed by atoms with E-state index in [4.69, 9.17) is 0 Å². The van der Waals surface area contributed by atoms with Crippen LogP contribution in [-0.4, -0.2) is 50.6 Å². The molecule has 0 spiro atoms. The van der Waals surface area contributed by atoms with Crippen LogP contribution in [0.5, 0.6) is 0 Å². The summed E-state index contributed by atoms with van der Waals surface area (Å²) < 4.78 is 30.0. The van der Waals surface area contributed by atoms with Gasteiger partial charge >= 0.3 is 5.97 Å². The third-order valence-electron chi connectivity index (χ3n) is 4.28. The van der Waals surface area contributed by atoms with Crippen molar-refractivity contribution in [3.05, 3.63) is 29.8 Å². The fraction of sp³-hybridized carbons (Fsp3) is 0.529. The Labute approximate surface area is 148 Å². The number of benzene rings is 1. The van der Waals surface area contributed by atoms with Crippen LogP contribution >= 0.6 is 0 Å². The Kier molecular flexibility index (Phi) is 6.55. The van der Waals surface area contributed by atoms with Crippen molar-refractivity contribution in [2.45, 2.75) is 38.1 Å². The highest BCUT2D eigenvalue weighted by molar-refractivity contribution is 7.88. The van der Waals surface area contributed by atoms with Crippen molar-refractivity contribution < 1.29 is 22.7 Å². The van der Waals surface area contributed by atoms with E-state index in [2.05, 4.69) is 10.1 Å². The van der Waals surface area contributed by atoms with Gasteiger partial charge in [0.15, 0.2) is 0 Å². The molecule has 1 aromatic rings. The molecule has 0 aliphatic heterocycles. The molecule has 7 nitrogen and oxygen atoms in total. The van der Waals surface area contributed by atoms with Crippen molar-refractivity contribution in [2.75, 3.05) is 25.2 Å². The number of carbonyl (C=O) groups excluding carboxylic acids is 2. The lowest BCUT2D eigenvalue weighted by Crippen LogP contribution is -2.39. The minimum absolute atomic E-state index is 0.00884. The molecule has 0 saturated heterocycles. The molecule has 1 aromatic carbocycles. The van der Waals surface area contributed by atoms with Gasteiger partial charge in [-0.05, 0) is 31.0 Å². The summed E-state index contributed by atoms with van der Waals surface area (Å²) in [6.45, 7) is 0.159. The smallest absolute Gasteiger partial charge is 0.337 e. The van der Waals surface area contributed by atoms with Gasteiger partial charge in [0.05, 0.1) is 18.9 Å². The molecule has 1 fully saturated rings. The summed E-state index contributed by atoms with van der Waals surface area (Å²) in [6, 6.07) is 6.41. The molecule has 0 radical (unpaired) electrons. The van der Waals surface area contributed by atoms with Crippen molar-refractivity contribution in [2.24, 2.45) is 0 Å². The van der Waals surface area contributed by atoms with Crippen LogP contribution in [0.1, 0.15) is 42.5 Å². The molecule has 0 unspecified atom stereocenters. The number of hydrogen-bond acceptors (Lipinski definition) is 5. The summed E-state index contributed by atoms with van der Waals surface area (Å²) in [5, 5.41) is 2.69. The van der Waals surface area contributed by atoms with Gasteiger partial charge in [0.1, 0.15) is 0 Å². The van der Waals surface area contributed by atoms with Crippen molar-refractivity contribution in [1.29, 1.82) is 0 Å². The predicted molar refractivity (Wildman–Crippen MR) is 94.8 cm³/mol. The third kappa shape index (κ3) is 5.54. The zero-order chi connectivity index (χ0) is 18.4. The number of sulfonamides is 1. The molecule has 1 aliphatic carbocycles. The van der Waals surface area contributed by atoms with Crippen LogP contribution in [0, 0.1) is 0 Å². The van der Waals surface area contributed by atoms with E-state index >= 15 is 0 Å². The molecule has 25 heavy (non-hydrogen) atoms. The summed E-state index contributed by atoms with van der Waals surface area (Å²) in [4.78, 5) is 23.7. The SMILES string of the molecule is COC(=O)c1cccc(NC(=O)CCN(C2CCCC2)S(C)(=O)=O)c1. The maximum Gasteiger partial charge on any atom is 0.337 e. The molecule has 0 aromatic heterocycles. The average molecular weight is 368 g/mol. The Morgan fingerprint density at radius 2 is 1.96 bits per heavy atom. The number of amides is 1. The highest BCUT2D eigenvalue weighted by Gasteiger charge is 2.29. The lowest BCUT2D eigenvalue weighted by molar-refractivity contribution is -0.116. The Balaban J connectivity index is 1.96. The van der Waals surface area contributed by atoms with Crippen LogP contribution in [-0.2, 0) is 19.6 Å². The van der Waals surface area contributed by atoms with Crippen LogP contribution < -0.4 is 5.32 Å². The summed E-state index contributed by atoms with van der Waals surface area (Å²) in [6.07, 6.45) is 4.97. The summed E-state index contributed by atoms with van der Waals surface area (Å²) >= 11 is 0. The molecule has 1 amide bonds. The Morgan fingerprint density at radius 3 is 2.56 bits per heavy atom. The summed E-state index contributed by atoms with van der Waals surface area (Å²) in [5.74, 6) is -0.783. The second-order valence-corrected chi connectivity index (χ2v) is 8.12. The molecule has 1 N–H and O–H groups in total. The number of carbonyl (C=O) groups is 2. The topological polar surface area (TPSA) is 92.8 Å². The van der Waals surface area contributed by atoms with Gasteiger partial charge in [-0.2, -0.15) is 4.31 Å². The third-order valence-corrected chi connectivity index (χ3v) is 5.62. The van der Waals surface area contributed by atoms with Crippen molar-refractivity contribution in [3.63, 3.8) is 0 Å². The molecular formula is C17H24N2O5S. The standard InChI is InChI=1S/C17H24N2O5S/c1-24-17(21)13-6-5-7-14(12-13)18-16(20)10-11-19(25(2,22)23)15-8-3-4-9-15/h5-7,12,15H,3-4,8-11H2,1-2H3,(H,18,20). The number of anilines is 1. The quantitative estimate of drug-likeness (QED) is 0.743. The molecule has 2 rings (SSSR count). The number of rotatable bonds is 7. The largest absolute Gasteiger partial charge is 0.465 e. The zero-order valence-corrected chi connectivity index (χ0v) is 15.3. The van der Waals surface area contributed by atoms with Gasteiger partial charge in [0, 0.05) is 24.7 Å². The highest BCUT2D eigenvalue weighted by Crippen LogP contribution is 2.25. The first kappa shape index (κ1) is 19.4. The molecule has 0 bridgehead atoms. The number of nitrogens with zero attached hydrogens (tertiary/aromatic N) is 1. The molecule has 0 atom stereocenters. The number of hydrogen-bond donors (Lipinski definition) is 1. The van der Waals surface area contributed by atoms with Crippen LogP contribution in [0.15, 0.2) is 24.3 Å². The molecule has 138 valence electrons. The van der Waals surface area contributed by atoms with Gasteiger partial charge in [-0.3, -0.25) is 4.79 Å². The monoisotopic (exact) mass is 368 g/mol. The van der Waals surface area contributed by atoms with E-state index in [1.807, 2.05) is 0 Å². The lowest BCUT2D eigenvalue weighted by atomic mass is 10.2. The van der Waals surface area contributed by atoms with E-state index in [0.29, 0.717) is 11.3 Å². The van der Waals surface area contributed by atoms with Crippen LogP contribution in [0.25, 0.3) is 0 Å². The normalized spacial score (nSPS) is 15.3. The fourth-order valence-corrected chi connectivity index (χ4v) is 4.26. The van der Waals surface area contributed by atoms with E-state index in [0.717, 1.165) is 25.7 Å². The maximum absolute atomic E-state index is 12.2. The Bertz CT molecular complexity index is 726. The first-order valence-corrected chi connectivity index (χ1v) is 10.1. The molecule has 8 heteroatoms. The lowest BCUT2D eigenvalue weighted by Gasteiger charge is -2.26. The van der Waals surface area contributed by atoms with E-state index in [9.17, 15) is 18.0 Å². The second kappa shape index (κ2) is 8.44. The Hall–Kier alpha value is -1.93. The number of esters is 1. The van der Waals surface area contributed by atoms with Gasteiger partial charge < -0.3 is 10.1 Å². The van der Waals surface area contributed by atoms with Gasteiger partial charge in [0.2, 0.25) is 15.9 Å². The Morgan fingerprint density at radius 1 is 1.28 bits per heavy atom. The van der Waals surface area contributed by atoms with Gasteiger partial charge in [0.25, 0.3) is 0 Å². The first-order chi connectivity index (χ1) is 11.8. The zero-order valence-electron chi connectivity index (χ0n) is 14.5. The number of ether oxygens (including phenoxy) is 1. The summed E-state index contributed by atoms with van der Waals surface area (Å²) in [5.41, 5.74) is 0.809. The van der Waals surface area contributed by atoms with Gasteiger partial charge in [-0.25, -0.2) is 13.2 Å². The van der Waals surface area contributed by atoms with Crippen molar-refractivity contribution >= 4 is 27.6 Å². The van der Waals surface area contributed by atoms with E-state index in [1.54, 1.807) is 18.2 Å². The van der Waals surface area contributed by atoms with E-state index in [1.165, 1.54) is 23.7 Å². The van der Waals surface area contributed by atoms with Gasteiger partial charge in [-0.1, -0.05) is 18.9 Å². The van der Waals surface area contributed by atoms with E-state index in [-0.39, 0.29) is 24.9 Å². The highest BCUT2D eigenvalue weighted by atomic mass is 32.2. The van der Waals surface area contributed by atoms with Crippen LogP contribution in [0.4, 0.5) is 5.69 Å². The summed E-state index contributed by atoms with van der Waals surface area (Å²) in [7, 11) is -2.06. The van der Waals surface area contributed by atoms with Crippen LogP contribution in [0.2, 0.25) is 0 Å². The molecular weight excluding hydrogens is 344 g/mol. The number of nitrogens with one attached hydrogen (secondary N) is 1. The fourth-order valence-electron chi connectivity index (χ4n) is 3.09. The second-order valence-electron chi connectivity index (χ2n) is 6.18. The molecule has 1 saturated carbocycles. The maximum atomic E-state index is 12.2. The molecule has 0 heterocycles. The van der Waals surface area contributed by atoms with Crippen molar-refractivity contribution in [3.8, 4) is 0 Å². The van der Waals surface area contributed by atoms with Gasteiger partial charge in [-0.15, -0.1) is 0 Å². The minimum Gasteiger partial charge on any atom is -0.465 e. The van der Waals surface area contributed by atoms with E-state index < -0.39 is 16.0 Å². The predicted octanol–water partition coefficient (Wildman–Crippen LogP) is 2.01. The first-order valence-electron chi connectivity index (χ1n) is 8.26. The van der Waals surface area contributed by atoms with Crippen LogP contribution in [0.3, 0.4) is 0 Å². The minimum atomic E-state index is -3.35. The molecule has 1 aliphatic rings. The average Bonchev–Trinajstić information content (AvgIpc) is 3.07. The van der Waals surface area contributed by atoms with Crippen molar-refractivity contribution in [1.82, 2.24) is 4.31 Å².